The maximum Gasteiger partial charge on any atom is 0.275 e. The van der Waals surface area contributed by atoms with Gasteiger partial charge in [-0.3, -0.25) is 9.69 Å². The van der Waals surface area contributed by atoms with Crippen molar-refractivity contribution >= 4 is 16.3 Å². The molecule has 2 aliphatic rings. The van der Waals surface area contributed by atoms with Crippen LogP contribution < -0.4 is 10.9 Å². The molecule has 2 saturated heterocycles. The van der Waals surface area contributed by atoms with E-state index in [-0.39, 0.29) is 5.56 Å². The van der Waals surface area contributed by atoms with E-state index in [9.17, 15) is 4.79 Å². The molecule has 0 bridgehead atoms. The predicted octanol–water partition coefficient (Wildman–Crippen LogP) is 0.111. The van der Waals surface area contributed by atoms with Crippen LogP contribution in [0.3, 0.4) is 0 Å². The summed E-state index contributed by atoms with van der Waals surface area (Å²) in [6.07, 6.45) is 0. The molecule has 2 aromatic rings. The summed E-state index contributed by atoms with van der Waals surface area (Å²) in [5, 5.41) is 8.84. The first-order valence-corrected chi connectivity index (χ1v) is 7.80. The fourth-order valence-electron chi connectivity index (χ4n) is 3.30. The Bertz CT molecular complexity index is 696. The molecule has 0 amide bonds. The molecule has 1 N–H and O–H groups in total. The smallest absolute Gasteiger partial charge is 0.275 e. The summed E-state index contributed by atoms with van der Waals surface area (Å²) in [4.78, 5) is 19.4. The van der Waals surface area contributed by atoms with Crippen LogP contribution in [-0.4, -0.2) is 45.7 Å². The molecule has 2 unspecified atom stereocenters. The average Bonchev–Trinajstić information content (AvgIpc) is 3.02. The van der Waals surface area contributed by atoms with Crippen LogP contribution in [0.2, 0.25) is 0 Å². The van der Waals surface area contributed by atoms with E-state index >= 15 is 0 Å². The number of aromatic nitrogens is 3. The topological polar surface area (TPSA) is 62.5 Å². The molecule has 0 spiro atoms. The summed E-state index contributed by atoms with van der Waals surface area (Å²) >= 11 is 1.52. The number of rotatable bonds is 2. The van der Waals surface area contributed by atoms with Crippen LogP contribution >= 0.6 is 11.3 Å². The van der Waals surface area contributed by atoms with Gasteiger partial charge in [-0.05, 0) is 31.8 Å². The summed E-state index contributed by atoms with van der Waals surface area (Å²) in [7, 11) is 0. The zero-order valence-corrected chi connectivity index (χ0v) is 12.2. The van der Waals surface area contributed by atoms with Gasteiger partial charge < -0.3 is 5.32 Å². The van der Waals surface area contributed by atoms with Crippen LogP contribution in [0.1, 0.15) is 10.7 Å². The Kier molecular flexibility index (Phi) is 2.87. The molecule has 4 rings (SSSR count). The van der Waals surface area contributed by atoms with Gasteiger partial charge in [0.15, 0.2) is 0 Å². The minimum Gasteiger partial charge on any atom is -0.316 e. The van der Waals surface area contributed by atoms with Crippen molar-refractivity contribution in [2.24, 2.45) is 11.8 Å². The lowest BCUT2D eigenvalue weighted by Gasteiger charge is -2.14. The van der Waals surface area contributed by atoms with Gasteiger partial charge in [-0.15, -0.1) is 0 Å². The Morgan fingerprint density at radius 3 is 2.90 bits per heavy atom. The number of aryl methyl sites for hydroxylation is 1. The van der Waals surface area contributed by atoms with Crippen LogP contribution in [0.4, 0.5) is 0 Å². The molecular weight excluding hydrogens is 274 g/mol. The van der Waals surface area contributed by atoms with E-state index < -0.39 is 0 Å². The van der Waals surface area contributed by atoms with Gasteiger partial charge in [-0.2, -0.15) is 9.61 Å². The summed E-state index contributed by atoms with van der Waals surface area (Å²) in [6, 6.07) is 1.53. The summed E-state index contributed by atoms with van der Waals surface area (Å²) in [5.74, 6) is 1.57. The van der Waals surface area contributed by atoms with Gasteiger partial charge in [0.1, 0.15) is 5.01 Å². The van der Waals surface area contributed by atoms with Gasteiger partial charge in [-0.1, -0.05) is 11.3 Å². The third-order valence-corrected chi connectivity index (χ3v) is 5.13. The quantitative estimate of drug-likeness (QED) is 0.851. The number of nitrogens with zero attached hydrogens (tertiary/aromatic N) is 4. The lowest BCUT2D eigenvalue weighted by molar-refractivity contribution is 0.304. The molecule has 106 valence electrons. The van der Waals surface area contributed by atoms with Crippen molar-refractivity contribution in [1.29, 1.82) is 0 Å². The minimum absolute atomic E-state index is 0.0857. The van der Waals surface area contributed by atoms with Crippen molar-refractivity contribution in [3.8, 4) is 0 Å². The molecule has 4 heterocycles. The highest BCUT2D eigenvalue weighted by Gasteiger charge is 2.36. The Morgan fingerprint density at radius 2 is 2.15 bits per heavy atom. The maximum atomic E-state index is 11.9. The Balaban J connectivity index is 1.57. The number of nitrogens with one attached hydrogen (secondary N) is 1. The largest absolute Gasteiger partial charge is 0.316 e. The van der Waals surface area contributed by atoms with Crippen molar-refractivity contribution in [2.75, 3.05) is 26.2 Å². The van der Waals surface area contributed by atoms with Gasteiger partial charge in [0.05, 0.1) is 6.54 Å². The van der Waals surface area contributed by atoms with Crippen LogP contribution in [0, 0.1) is 18.8 Å². The van der Waals surface area contributed by atoms with Gasteiger partial charge in [0, 0.05) is 24.8 Å². The SMILES string of the molecule is Cc1cc(=O)n2nc(CN3CC4CNCC4C3)sc2n1. The predicted molar refractivity (Wildman–Crippen MR) is 77.0 cm³/mol. The second kappa shape index (κ2) is 4.61. The van der Waals surface area contributed by atoms with Gasteiger partial charge in [0.25, 0.3) is 5.56 Å². The van der Waals surface area contributed by atoms with Crippen molar-refractivity contribution in [3.63, 3.8) is 0 Å². The van der Waals surface area contributed by atoms with Crippen LogP contribution in [0.25, 0.3) is 4.96 Å². The first-order valence-electron chi connectivity index (χ1n) is 6.98. The molecular formula is C13H17N5OS. The Morgan fingerprint density at radius 1 is 1.40 bits per heavy atom. The monoisotopic (exact) mass is 291 g/mol. The minimum atomic E-state index is -0.0857. The van der Waals surface area contributed by atoms with E-state index in [1.54, 1.807) is 0 Å². The molecule has 0 aliphatic carbocycles. The number of hydrogen-bond acceptors (Lipinski definition) is 6. The van der Waals surface area contributed by atoms with E-state index in [1.807, 2.05) is 6.92 Å². The van der Waals surface area contributed by atoms with Crippen molar-refractivity contribution < 1.29 is 0 Å². The maximum absolute atomic E-state index is 11.9. The number of hydrogen-bond donors (Lipinski definition) is 1. The number of likely N-dealkylation sites (tertiary alicyclic amines) is 1. The highest BCUT2D eigenvalue weighted by atomic mass is 32.1. The third-order valence-electron chi connectivity index (χ3n) is 4.24. The molecule has 0 saturated carbocycles. The van der Waals surface area contributed by atoms with Crippen LogP contribution in [0.15, 0.2) is 10.9 Å². The molecule has 0 aromatic carbocycles. The van der Waals surface area contributed by atoms with E-state index in [4.69, 9.17) is 0 Å². The average molecular weight is 291 g/mol. The van der Waals surface area contributed by atoms with E-state index in [0.717, 1.165) is 55.3 Å². The first kappa shape index (κ1) is 12.4. The van der Waals surface area contributed by atoms with Crippen molar-refractivity contribution in [3.05, 3.63) is 27.1 Å². The van der Waals surface area contributed by atoms with Gasteiger partial charge >= 0.3 is 0 Å². The second-order valence-electron chi connectivity index (χ2n) is 5.80. The molecule has 6 nitrogen and oxygen atoms in total. The van der Waals surface area contributed by atoms with Crippen LogP contribution in [0.5, 0.6) is 0 Å². The highest BCUT2D eigenvalue weighted by molar-refractivity contribution is 7.16. The Hall–Kier alpha value is -1.31. The molecule has 2 aromatic heterocycles. The molecule has 2 aliphatic heterocycles. The summed E-state index contributed by atoms with van der Waals surface area (Å²) in [5.41, 5.74) is 0.671. The zero-order valence-electron chi connectivity index (χ0n) is 11.4. The van der Waals surface area contributed by atoms with E-state index in [0.29, 0.717) is 4.96 Å². The lowest BCUT2D eigenvalue weighted by atomic mass is 10.0. The molecule has 0 radical (unpaired) electrons. The third kappa shape index (κ3) is 2.06. The normalized spacial score (nSPS) is 26.4. The molecule has 2 atom stereocenters. The Labute approximate surface area is 120 Å². The summed E-state index contributed by atoms with van der Waals surface area (Å²) in [6.45, 7) is 7.22. The second-order valence-corrected chi connectivity index (χ2v) is 6.84. The molecule has 2 fully saturated rings. The van der Waals surface area contributed by atoms with Gasteiger partial charge in [-0.25, -0.2) is 4.98 Å². The zero-order chi connectivity index (χ0) is 13.7. The lowest BCUT2D eigenvalue weighted by Crippen LogP contribution is -2.25. The fourth-order valence-corrected chi connectivity index (χ4v) is 4.28. The van der Waals surface area contributed by atoms with Crippen LogP contribution in [-0.2, 0) is 6.54 Å². The van der Waals surface area contributed by atoms with E-state index in [2.05, 4.69) is 20.3 Å². The van der Waals surface area contributed by atoms with E-state index in [1.165, 1.54) is 21.9 Å². The highest BCUT2D eigenvalue weighted by Crippen LogP contribution is 2.27. The fraction of sp³-hybridized carbons (Fsp3) is 0.615. The summed E-state index contributed by atoms with van der Waals surface area (Å²) < 4.78 is 1.42. The number of fused-ring (bicyclic) bond motifs is 2. The molecule has 20 heavy (non-hydrogen) atoms. The van der Waals surface area contributed by atoms with Crippen molar-refractivity contribution in [2.45, 2.75) is 13.5 Å². The molecule has 7 heteroatoms. The van der Waals surface area contributed by atoms with Gasteiger partial charge in [0.2, 0.25) is 4.96 Å². The standard InChI is InChI=1S/C13H17N5OS/c1-8-2-12(19)18-13(15-8)20-11(16-18)7-17-5-9-3-14-4-10(9)6-17/h2,9-10,14H,3-7H2,1H3. The first-order chi connectivity index (χ1) is 9.69. The van der Waals surface area contributed by atoms with Crippen molar-refractivity contribution in [1.82, 2.24) is 24.8 Å².